The molecule has 6 heteroatoms. The molecule has 0 bridgehead atoms. The molecule has 5 nitrogen and oxygen atoms in total. The van der Waals surface area contributed by atoms with E-state index in [-0.39, 0.29) is 24.0 Å². The maximum atomic E-state index is 12.1. The van der Waals surface area contributed by atoms with Crippen LogP contribution >= 0.6 is 12.2 Å². The Kier molecular flexibility index (Phi) is 7.56. The molecule has 1 amide bonds. The SMILES string of the molecule is CCCC(C(N)=S)N1CCN(C(C)C(=O)NC(C)C)CC1. The van der Waals surface area contributed by atoms with Gasteiger partial charge >= 0.3 is 0 Å². The van der Waals surface area contributed by atoms with Gasteiger partial charge in [-0.05, 0) is 27.2 Å². The van der Waals surface area contributed by atoms with Crippen molar-refractivity contribution in [1.29, 1.82) is 0 Å². The van der Waals surface area contributed by atoms with Gasteiger partial charge < -0.3 is 11.1 Å². The third kappa shape index (κ3) is 5.52. The number of nitrogens with zero attached hydrogens (tertiary/aromatic N) is 2. The van der Waals surface area contributed by atoms with Crippen molar-refractivity contribution in [3.63, 3.8) is 0 Å². The van der Waals surface area contributed by atoms with Crippen LogP contribution in [0.15, 0.2) is 0 Å². The van der Waals surface area contributed by atoms with Crippen molar-refractivity contribution in [1.82, 2.24) is 15.1 Å². The van der Waals surface area contributed by atoms with E-state index in [2.05, 4.69) is 22.0 Å². The number of carbonyl (C=O) groups is 1. The molecular formula is C15H30N4OS. The van der Waals surface area contributed by atoms with E-state index in [0.29, 0.717) is 4.99 Å². The Morgan fingerprint density at radius 2 is 1.71 bits per heavy atom. The Bertz CT molecular complexity index is 354. The second kappa shape index (κ2) is 8.66. The topological polar surface area (TPSA) is 61.6 Å². The van der Waals surface area contributed by atoms with Crippen molar-refractivity contribution in [2.45, 2.75) is 58.7 Å². The third-order valence-corrected chi connectivity index (χ3v) is 4.31. The van der Waals surface area contributed by atoms with Crippen LogP contribution in [-0.4, -0.2) is 65.0 Å². The lowest BCUT2D eigenvalue weighted by Gasteiger charge is -2.40. The summed E-state index contributed by atoms with van der Waals surface area (Å²) in [7, 11) is 0. The number of hydrogen-bond acceptors (Lipinski definition) is 4. The molecule has 1 fully saturated rings. The Balaban J connectivity index is 2.51. The number of nitrogens with one attached hydrogen (secondary N) is 1. The van der Waals surface area contributed by atoms with Gasteiger partial charge in [-0.15, -0.1) is 0 Å². The Morgan fingerprint density at radius 1 is 1.19 bits per heavy atom. The first kappa shape index (κ1) is 18.3. The van der Waals surface area contributed by atoms with Gasteiger partial charge in [-0.25, -0.2) is 0 Å². The van der Waals surface area contributed by atoms with Crippen LogP contribution in [0.1, 0.15) is 40.5 Å². The van der Waals surface area contributed by atoms with Crippen LogP contribution in [0, 0.1) is 0 Å². The summed E-state index contributed by atoms with van der Waals surface area (Å²) < 4.78 is 0. The van der Waals surface area contributed by atoms with Crippen molar-refractivity contribution in [2.75, 3.05) is 26.2 Å². The number of rotatable bonds is 7. The number of hydrogen-bond donors (Lipinski definition) is 2. The molecule has 0 aromatic rings. The summed E-state index contributed by atoms with van der Waals surface area (Å²) in [4.78, 5) is 17.3. The molecule has 1 aliphatic rings. The zero-order valence-electron chi connectivity index (χ0n) is 13.8. The number of carbonyl (C=O) groups excluding carboxylic acids is 1. The van der Waals surface area contributed by atoms with E-state index in [0.717, 1.165) is 39.0 Å². The first-order valence-corrected chi connectivity index (χ1v) is 8.35. The molecule has 0 aromatic heterocycles. The summed E-state index contributed by atoms with van der Waals surface area (Å²) in [6, 6.07) is 0.306. The van der Waals surface area contributed by atoms with E-state index in [1.807, 2.05) is 20.8 Å². The summed E-state index contributed by atoms with van der Waals surface area (Å²) in [5.74, 6) is 0.109. The molecule has 2 atom stereocenters. The summed E-state index contributed by atoms with van der Waals surface area (Å²) in [5, 5.41) is 2.98. The molecule has 21 heavy (non-hydrogen) atoms. The zero-order chi connectivity index (χ0) is 16.0. The van der Waals surface area contributed by atoms with Crippen molar-refractivity contribution >= 4 is 23.1 Å². The number of nitrogens with two attached hydrogens (primary N) is 1. The highest BCUT2D eigenvalue weighted by atomic mass is 32.1. The highest BCUT2D eigenvalue weighted by Crippen LogP contribution is 2.13. The monoisotopic (exact) mass is 314 g/mol. The molecule has 0 radical (unpaired) electrons. The second-order valence-corrected chi connectivity index (χ2v) is 6.59. The van der Waals surface area contributed by atoms with Gasteiger partial charge in [0.05, 0.1) is 17.1 Å². The van der Waals surface area contributed by atoms with Gasteiger partial charge in [-0.1, -0.05) is 25.6 Å². The maximum absolute atomic E-state index is 12.1. The molecule has 0 saturated carbocycles. The number of amides is 1. The second-order valence-electron chi connectivity index (χ2n) is 6.12. The van der Waals surface area contributed by atoms with Gasteiger partial charge in [0, 0.05) is 32.2 Å². The minimum Gasteiger partial charge on any atom is -0.392 e. The minimum atomic E-state index is -0.0796. The molecule has 1 aliphatic heterocycles. The molecule has 1 saturated heterocycles. The molecular weight excluding hydrogens is 284 g/mol. The Labute approximate surface area is 134 Å². The van der Waals surface area contributed by atoms with Crippen LogP contribution < -0.4 is 11.1 Å². The summed E-state index contributed by atoms with van der Waals surface area (Å²) in [5.41, 5.74) is 5.86. The van der Waals surface area contributed by atoms with Crippen LogP contribution in [0.2, 0.25) is 0 Å². The largest absolute Gasteiger partial charge is 0.392 e. The van der Waals surface area contributed by atoms with Crippen LogP contribution in [0.3, 0.4) is 0 Å². The van der Waals surface area contributed by atoms with Gasteiger partial charge in [0.25, 0.3) is 0 Å². The van der Waals surface area contributed by atoms with E-state index in [9.17, 15) is 4.79 Å². The average molecular weight is 314 g/mol. The predicted octanol–water partition coefficient (Wildman–Crippen LogP) is 0.972. The summed E-state index contributed by atoms with van der Waals surface area (Å²) in [6.45, 7) is 11.7. The fourth-order valence-corrected chi connectivity index (χ4v) is 3.05. The molecule has 2 unspecified atom stereocenters. The Morgan fingerprint density at radius 3 is 2.14 bits per heavy atom. The Hall–Kier alpha value is -0.720. The van der Waals surface area contributed by atoms with Gasteiger partial charge in [-0.2, -0.15) is 0 Å². The number of piperazine rings is 1. The normalized spacial score (nSPS) is 20.2. The third-order valence-electron chi connectivity index (χ3n) is 4.04. The van der Waals surface area contributed by atoms with Crippen molar-refractivity contribution in [3.8, 4) is 0 Å². The van der Waals surface area contributed by atoms with Gasteiger partial charge in [0.2, 0.25) is 5.91 Å². The highest BCUT2D eigenvalue weighted by molar-refractivity contribution is 7.80. The standard InChI is InChI=1S/C15H30N4OS/c1-5-6-13(14(16)21)19-9-7-18(8-10-19)12(4)15(20)17-11(2)3/h11-13H,5-10H2,1-4H3,(H2,16,21)(H,17,20). The molecule has 0 spiro atoms. The summed E-state index contributed by atoms with van der Waals surface area (Å²) in [6.07, 6.45) is 2.09. The van der Waals surface area contributed by atoms with E-state index < -0.39 is 0 Å². The van der Waals surface area contributed by atoms with Crippen LogP contribution in [0.5, 0.6) is 0 Å². The van der Waals surface area contributed by atoms with E-state index in [1.54, 1.807) is 0 Å². The fraction of sp³-hybridized carbons (Fsp3) is 0.867. The first-order chi connectivity index (χ1) is 9.86. The molecule has 1 rings (SSSR count). The zero-order valence-corrected chi connectivity index (χ0v) is 14.6. The van der Waals surface area contributed by atoms with Crippen molar-refractivity contribution < 1.29 is 4.79 Å². The summed E-state index contributed by atoms with van der Waals surface area (Å²) >= 11 is 5.19. The lowest BCUT2D eigenvalue weighted by Crippen LogP contribution is -2.57. The van der Waals surface area contributed by atoms with Crippen molar-refractivity contribution in [2.24, 2.45) is 5.73 Å². The maximum Gasteiger partial charge on any atom is 0.237 e. The van der Waals surface area contributed by atoms with E-state index in [4.69, 9.17) is 18.0 Å². The molecule has 0 aliphatic carbocycles. The van der Waals surface area contributed by atoms with Crippen LogP contribution in [-0.2, 0) is 4.79 Å². The minimum absolute atomic E-state index is 0.0796. The van der Waals surface area contributed by atoms with Crippen molar-refractivity contribution in [3.05, 3.63) is 0 Å². The van der Waals surface area contributed by atoms with Gasteiger partial charge in [-0.3, -0.25) is 14.6 Å². The quantitative estimate of drug-likeness (QED) is 0.686. The van der Waals surface area contributed by atoms with Crippen LogP contribution in [0.4, 0.5) is 0 Å². The lowest BCUT2D eigenvalue weighted by atomic mass is 10.1. The smallest absolute Gasteiger partial charge is 0.237 e. The van der Waals surface area contributed by atoms with E-state index >= 15 is 0 Å². The number of thiocarbonyl (C=S) groups is 1. The van der Waals surface area contributed by atoms with E-state index in [1.165, 1.54) is 0 Å². The lowest BCUT2D eigenvalue weighted by molar-refractivity contribution is -0.127. The first-order valence-electron chi connectivity index (χ1n) is 7.94. The fourth-order valence-electron chi connectivity index (χ4n) is 2.79. The van der Waals surface area contributed by atoms with Crippen LogP contribution in [0.25, 0.3) is 0 Å². The van der Waals surface area contributed by atoms with Gasteiger partial charge in [0.15, 0.2) is 0 Å². The average Bonchev–Trinajstić information content (AvgIpc) is 2.43. The molecule has 122 valence electrons. The molecule has 3 N–H and O–H groups in total. The highest BCUT2D eigenvalue weighted by Gasteiger charge is 2.29. The van der Waals surface area contributed by atoms with Gasteiger partial charge in [0.1, 0.15) is 0 Å². The molecule has 0 aromatic carbocycles. The molecule has 1 heterocycles. The predicted molar refractivity (Wildman–Crippen MR) is 91.4 cm³/mol.